The Morgan fingerprint density at radius 2 is 1.74 bits per heavy atom. The van der Waals surface area contributed by atoms with E-state index in [1.54, 1.807) is 29.2 Å². The monoisotopic (exact) mass is 508 g/mol. The van der Waals surface area contributed by atoms with Gasteiger partial charge in [0.15, 0.2) is 11.7 Å². The van der Waals surface area contributed by atoms with Crippen molar-refractivity contribution < 1.29 is 31.9 Å². The molecule has 3 aromatic rings. The lowest BCUT2D eigenvalue weighted by atomic mass is 9.97. The van der Waals surface area contributed by atoms with Gasteiger partial charge in [0.1, 0.15) is 18.9 Å². The van der Waals surface area contributed by atoms with Crippen molar-refractivity contribution in [2.75, 3.05) is 19.7 Å². The van der Waals surface area contributed by atoms with Crippen molar-refractivity contribution >= 4 is 17.7 Å². The minimum absolute atomic E-state index is 0.0874. The maximum atomic E-state index is 12.5. The molecule has 2 heterocycles. The molecule has 0 aliphatic carbocycles. The number of piperidine rings is 1. The van der Waals surface area contributed by atoms with Gasteiger partial charge in [0.05, 0.1) is 6.61 Å². The lowest BCUT2D eigenvalue weighted by Gasteiger charge is -2.29. The minimum atomic E-state index is -4.44. The fourth-order valence-electron chi connectivity index (χ4n) is 3.85. The second-order valence-corrected chi connectivity index (χ2v) is 8.68. The van der Waals surface area contributed by atoms with E-state index >= 15 is 0 Å². The van der Waals surface area contributed by atoms with Gasteiger partial charge in [-0.25, -0.2) is 9.78 Å². The predicted molar refractivity (Wildman–Crippen MR) is 123 cm³/mol. The fraction of sp³-hybridized carbons (Fsp3) is 0.360. The molecule has 1 aliphatic heterocycles. The summed E-state index contributed by atoms with van der Waals surface area (Å²) in [4.78, 5) is 18.5. The number of oxazole rings is 1. The molecular formula is C25H24ClF3N2O4. The first kappa shape index (κ1) is 25.1. The van der Waals surface area contributed by atoms with Crippen LogP contribution in [-0.2, 0) is 22.7 Å². The zero-order valence-electron chi connectivity index (χ0n) is 18.8. The zero-order chi connectivity index (χ0) is 24.8. The van der Waals surface area contributed by atoms with E-state index in [0.29, 0.717) is 48.2 Å². The smallest absolute Gasteiger partial charge is 0.411 e. The molecule has 10 heteroatoms. The summed E-state index contributed by atoms with van der Waals surface area (Å²) >= 11 is 5.96. The molecule has 4 rings (SSSR count). The Kier molecular flexibility index (Phi) is 7.97. The number of carbonyl (C=O) groups is 1. The van der Waals surface area contributed by atoms with Gasteiger partial charge in [-0.1, -0.05) is 41.9 Å². The molecule has 35 heavy (non-hydrogen) atoms. The van der Waals surface area contributed by atoms with Gasteiger partial charge in [-0.2, -0.15) is 13.2 Å². The first-order chi connectivity index (χ1) is 16.8. The summed E-state index contributed by atoms with van der Waals surface area (Å²) in [5.74, 6) is 0.678. The number of carbonyl (C=O) groups excluding carboxylic acids is 1. The molecule has 1 aliphatic rings. The first-order valence-electron chi connectivity index (χ1n) is 11.1. The Balaban J connectivity index is 1.40. The summed E-state index contributed by atoms with van der Waals surface area (Å²) in [7, 11) is 0. The van der Waals surface area contributed by atoms with Crippen LogP contribution in [0.5, 0.6) is 0 Å². The van der Waals surface area contributed by atoms with Crippen molar-refractivity contribution in [2.45, 2.75) is 38.1 Å². The second kappa shape index (κ2) is 11.1. The van der Waals surface area contributed by atoms with Crippen molar-refractivity contribution in [1.82, 2.24) is 9.88 Å². The molecule has 1 amide bonds. The van der Waals surface area contributed by atoms with Gasteiger partial charge in [0.25, 0.3) is 0 Å². The van der Waals surface area contributed by atoms with Crippen LogP contribution in [0.1, 0.15) is 35.9 Å². The van der Waals surface area contributed by atoms with Crippen molar-refractivity contribution in [3.63, 3.8) is 0 Å². The number of rotatable bonds is 7. The number of hydrogen-bond donors (Lipinski definition) is 0. The van der Waals surface area contributed by atoms with Gasteiger partial charge in [0.2, 0.25) is 0 Å². The Morgan fingerprint density at radius 3 is 2.40 bits per heavy atom. The molecule has 1 aromatic heterocycles. The standard InChI is InChI=1S/C25H24ClF3N2O4/c26-20-8-6-18(7-9-20)22-21(15-33-16-25(27,28)29)30-23(35-22)19-10-12-31(13-11-19)24(32)34-14-17-4-2-1-3-5-17/h1-9,19H,10-16H2. The van der Waals surface area contributed by atoms with Crippen LogP contribution in [0.4, 0.5) is 18.0 Å². The average molecular weight is 509 g/mol. The number of likely N-dealkylation sites (tertiary alicyclic amines) is 1. The highest BCUT2D eigenvalue weighted by molar-refractivity contribution is 6.30. The normalized spacial score (nSPS) is 14.8. The SMILES string of the molecule is O=C(OCc1ccccc1)N1CCC(c2nc(COCC(F)(F)F)c(-c3ccc(Cl)cc3)o2)CC1. The van der Waals surface area contributed by atoms with E-state index in [4.69, 9.17) is 25.5 Å². The molecule has 6 nitrogen and oxygen atoms in total. The van der Waals surface area contributed by atoms with Crippen molar-refractivity contribution in [3.8, 4) is 11.3 Å². The summed E-state index contributed by atoms with van der Waals surface area (Å²) in [6.45, 7) is -0.608. The molecule has 0 unspecified atom stereocenters. The quantitative estimate of drug-likeness (QED) is 0.360. The Bertz CT molecular complexity index is 1110. The highest BCUT2D eigenvalue weighted by Crippen LogP contribution is 2.34. The number of nitrogens with zero attached hydrogens (tertiary/aromatic N) is 2. The molecule has 0 N–H and O–H groups in total. The topological polar surface area (TPSA) is 64.8 Å². The third kappa shape index (κ3) is 6.99. The van der Waals surface area contributed by atoms with Crippen LogP contribution in [0.2, 0.25) is 5.02 Å². The van der Waals surface area contributed by atoms with Crippen LogP contribution in [0, 0.1) is 0 Å². The van der Waals surface area contributed by atoms with Gasteiger partial charge in [0, 0.05) is 29.6 Å². The van der Waals surface area contributed by atoms with Gasteiger partial charge < -0.3 is 18.8 Å². The third-order valence-electron chi connectivity index (χ3n) is 5.63. The second-order valence-electron chi connectivity index (χ2n) is 8.24. The van der Waals surface area contributed by atoms with E-state index < -0.39 is 12.8 Å². The van der Waals surface area contributed by atoms with Crippen molar-refractivity contribution in [2.24, 2.45) is 0 Å². The maximum absolute atomic E-state index is 12.5. The lowest BCUT2D eigenvalue weighted by Crippen LogP contribution is -2.38. The third-order valence-corrected chi connectivity index (χ3v) is 5.88. The van der Waals surface area contributed by atoms with Crippen LogP contribution in [-0.4, -0.2) is 41.8 Å². The number of alkyl halides is 3. The summed E-state index contributed by atoms with van der Waals surface area (Å²) in [6, 6.07) is 16.2. The number of halogens is 4. The number of aromatic nitrogens is 1. The average Bonchev–Trinajstić information content (AvgIpc) is 3.27. The van der Waals surface area contributed by atoms with E-state index in [1.165, 1.54) is 0 Å². The van der Waals surface area contributed by atoms with Gasteiger partial charge >= 0.3 is 12.3 Å². The van der Waals surface area contributed by atoms with E-state index in [1.807, 2.05) is 30.3 Å². The van der Waals surface area contributed by atoms with E-state index in [0.717, 1.165) is 5.56 Å². The number of amides is 1. The Labute approximate surface area is 205 Å². The minimum Gasteiger partial charge on any atom is -0.445 e. The zero-order valence-corrected chi connectivity index (χ0v) is 19.5. The van der Waals surface area contributed by atoms with Gasteiger partial charge in [-0.15, -0.1) is 0 Å². The molecule has 0 radical (unpaired) electrons. The fourth-order valence-corrected chi connectivity index (χ4v) is 3.98. The summed E-state index contributed by atoms with van der Waals surface area (Å²) in [5.41, 5.74) is 1.84. The molecule has 0 saturated carbocycles. The molecule has 186 valence electrons. The number of ether oxygens (including phenoxy) is 2. The molecule has 1 fully saturated rings. The van der Waals surface area contributed by atoms with Crippen molar-refractivity contribution in [3.05, 3.63) is 76.8 Å². The highest BCUT2D eigenvalue weighted by atomic mass is 35.5. The largest absolute Gasteiger partial charge is 0.445 e. The maximum Gasteiger partial charge on any atom is 0.411 e. The number of benzene rings is 2. The van der Waals surface area contributed by atoms with Crippen LogP contribution in [0.25, 0.3) is 11.3 Å². The van der Waals surface area contributed by atoms with E-state index in [9.17, 15) is 18.0 Å². The van der Waals surface area contributed by atoms with Gasteiger partial charge in [-0.05, 0) is 42.7 Å². The predicted octanol–water partition coefficient (Wildman–Crippen LogP) is 6.59. The van der Waals surface area contributed by atoms with Crippen molar-refractivity contribution in [1.29, 1.82) is 0 Å². The molecular weight excluding hydrogens is 485 g/mol. The number of hydrogen-bond acceptors (Lipinski definition) is 5. The molecule has 0 atom stereocenters. The van der Waals surface area contributed by atoms with E-state index in [2.05, 4.69) is 4.98 Å². The molecule has 1 saturated heterocycles. The Hall–Kier alpha value is -3.04. The van der Waals surface area contributed by atoms with Crippen LogP contribution >= 0.6 is 11.6 Å². The Morgan fingerprint density at radius 1 is 1.06 bits per heavy atom. The molecule has 0 spiro atoms. The highest BCUT2D eigenvalue weighted by Gasteiger charge is 2.31. The first-order valence-corrected chi connectivity index (χ1v) is 11.5. The summed E-state index contributed by atoms with van der Waals surface area (Å²) < 4.78 is 53.9. The lowest BCUT2D eigenvalue weighted by molar-refractivity contribution is -0.176. The van der Waals surface area contributed by atoms with Gasteiger partial charge in [-0.3, -0.25) is 0 Å². The van der Waals surface area contributed by atoms with Crippen LogP contribution in [0.15, 0.2) is 59.0 Å². The van der Waals surface area contributed by atoms with Crippen LogP contribution in [0.3, 0.4) is 0 Å². The summed E-state index contributed by atoms with van der Waals surface area (Å²) in [6.07, 6.45) is -3.65. The molecule has 2 aromatic carbocycles. The molecule has 0 bridgehead atoms. The van der Waals surface area contributed by atoms with E-state index in [-0.39, 0.29) is 30.9 Å². The summed E-state index contributed by atoms with van der Waals surface area (Å²) in [5, 5.41) is 0.523. The van der Waals surface area contributed by atoms with Crippen LogP contribution < -0.4 is 0 Å².